The second-order valence-corrected chi connectivity index (χ2v) is 3.45. The monoisotopic (exact) mass is 227 g/mol. The number of nitrogen functional groups attached to an aromatic ring is 1. The highest BCUT2D eigenvalue weighted by atomic mass is 16.5. The number of hydrogen-bond acceptors (Lipinski definition) is 6. The number of anilines is 1. The number of hydrazine groups is 1. The van der Waals surface area contributed by atoms with Crippen LogP contribution in [0.15, 0.2) is 41.1 Å². The molecule has 17 heavy (non-hydrogen) atoms. The van der Waals surface area contributed by atoms with Crippen LogP contribution in [0.5, 0.6) is 0 Å². The van der Waals surface area contributed by atoms with Gasteiger partial charge >= 0.3 is 6.01 Å². The van der Waals surface area contributed by atoms with Gasteiger partial charge in [-0.15, -0.1) is 0 Å². The summed E-state index contributed by atoms with van der Waals surface area (Å²) in [5, 5.41) is 5.86. The van der Waals surface area contributed by atoms with Crippen LogP contribution in [0.3, 0.4) is 0 Å². The largest absolute Gasteiger partial charge is 0.335 e. The molecule has 3 aromatic rings. The topological polar surface area (TPSA) is 89.9 Å². The number of rotatable bonds is 2. The summed E-state index contributed by atoms with van der Waals surface area (Å²) < 4.78 is 4.88. The zero-order valence-corrected chi connectivity index (χ0v) is 8.79. The van der Waals surface area contributed by atoms with Crippen molar-refractivity contribution in [2.75, 3.05) is 5.43 Å². The average Bonchev–Trinajstić information content (AvgIpc) is 2.87. The Hall–Kier alpha value is -2.47. The Kier molecular flexibility index (Phi) is 2.20. The first-order valence-electron chi connectivity index (χ1n) is 5.03. The molecule has 0 radical (unpaired) electrons. The number of pyridine rings is 1. The minimum absolute atomic E-state index is 0.162. The first kappa shape index (κ1) is 9.73. The summed E-state index contributed by atoms with van der Waals surface area (Å²) in [5.41, 5.74) is 2.97. The van der Waals surface area contributed by atoms with Crippen molar-refractivity contribution in [3.8, 4) is 11.5 Å². The van der Waals surface area contributed by atoms with Gasteiger partial charge in [0.15, 0.2) is 0 Å². The van der Waals surface area contributed by atoms with Gasteiger partial charge in [-0.1, -0.05) is 29.4 Å². The summed E-state index contributed by atoms with van der Waals surface area (Å²) >= 11 is 0. The minimum Gasteiger partial charge on any atom is -0.314 e. The van der Waals surface area contributed by atoms with Gasteiger partial charge in [-0.05, 0) is 11.5 Å². The van der Waals surface area contributed by atoms with E-state index in [9.17, 15) is 0 Å². The summed E-state index contributed by atoms with van der Waals surface area (Å²) in [6, 6.07) is 9.97. The molecule has 3 rings (SSSR count). The third kappa shape index (κ3) is 1.60. The second kappa shape index (κ2) is 3.84. The molecule has 2 aromatic heterocycles. The van der Waals surface area contributed by atoms with Gasteiger partial charge in [-0.25, -0.2) is 5.84 Å². The summed E-state index contributed by atoms with van der Waals surface area (Å²) in [4.78, 5) is 8.34. The minimum atomic E-state index is 0.162. The standard InChI is InChI=1S/C11H9N5O/c12-15-11-14-10(16-17-11)9-8-4-2-1-3-7(8)5-6-13-9/h1-6H,12H2,(H,14,15,16). The van der Waals surface area contributed by atoms with E-state index in [-0.39, 0.29) is 6.01 Å². The van der Waals surface area contributed by atoms with E-state index < -0.39 is 0 Å². The van der Waals surface area contributed by atoms with Crippen molar-refractivity contribution in [1.29, 1.82) is 0 Å². The van der Waals surface area contributed by atoms with E-state index in [0.717, 1.165) is 10.8 Å². The van der Waals surface area contributed by atoms with Gasteiger partial charge in [0.1, 0.15) is 5.69 Å². The normalized spacial score (nSPS) is 10.6. The van der Waals surface area contributed by atoms with Crippen molar-refractivity contribution in [3.63, 3.8) is 0 Å². The average molecular weight is 227 g/mol. The van der Waals surface area contributed by atoms with E-state index in [0.29, 0.717) is 11.5 Å². The summed E-state index contributed by atoms with van der Waals surface area (Å²) in [7, 11) is 0. The Bertz CT molecular complexity index is 658. The van der Waals surface area contributed by atoms with E-state index in [1.54, 1.807) is 6.20 Å². The van der Waals surface area contributed by atoms with Gasteiger partial charge in [0.2, 0.25) is 5.82 Å². The van der Waals surface area contributed by atoms with Crippen LogP contribution in [0.2, 0.25) is 0 Å². The first-order valence-corrected chi connectivity index (χ1v) is 5.03. The predicted octanol–water partition coefficient (Wildman–Crippen LogP) is 1.57. The van der Waals surface area contributed by atoms with Gasteiger partial charge in [0.05, 0.1) is 0 Å². The SMILES string of the molecule is NNc1nc(-c2nccc3ccccc23)no1. The quantitative estimate of drug-likeness (QED) is 0.510. The molecule has 1 aromatic carbocycles. The number of hydrogen-bond donors (Lipinski definition) is 2. The molecular formula is C11H9N5O. The third-order valence-corrected chi connectivity index (χ3v) is 2.43. The Morgan fingerprint density at radius 1 is 1.18 bits per heavy atom. The molecule has 0 amide bonds. The summed E-state index contributed by atoms with van der Waals surface area (Å²) in [6.07, 6.45) is 1.71. The van der Waals surface area contributed by atoms with Crippen molar-refractivity contribution in [2.24, 2.45) is 5.84 Å². The lowest BCUT2D eigenvalue weighted by molar-refractivity contribution is 0.432. The van der Waals surface area contributed by atoms with E-state index in [2.05, 4.69) is 20.6 Å². The fraction of sp³-hybridized carbons (Fsp3) is 0. The molecule has 0 aliphatic carbocycles. The number of aromatic nitrogens is 3. The van der Waals surface area contributed by atoms with Crippen LogP contribution in [0.1, 0.15) is 0 Å². The van der Waals surface area contributed by atoms with Gasteiger partial charge in [-0.3, -0.25) is 10.4 Å². The number of fused-ring (bicyclic) bond motifs is 1. The molecule has 0 unspecified atom stereocenters. The fourth-order valence-electron chi connectivity index (χ4n) is 1.68. The van der Waals surface area contributed by atoms with Crippen molar-refractivity contribution >= 4 is 16.8 Å². The van der Waals surface area contributed by atoms with Gasteiger partial charge in [0, 0.05) is 11.6 Å². The third-order valence-electron chi connectivity index (χ3n) is 2.43. The number of benzene rings is 1. The fourth-order valence-corrected chi connectivity index (χ4v) is 1.68. The molecule has 3 N–H and O–H groups in total. The molecule has 0 bridgehead atoms. The Balaban J connectivity index is 2.23. The smallest absolute Gasteiger partial charge is 0.314 e. The molecule has 0 aliphatic rings. The van der Waals surface area contributed by atoms with E-state index >= 15 is 0 Å². The summed E-state index contributed by atoms with van der Waals surface area (Å²) in [5.74, 6) is 5.60. The number of nitrogens with one attached hydrogen (secondary N) is 1. The highest BCUT2D eigenvalue weighted by Gasteiger charge is 2.11. The maximum absolute atomic E-state index is 5.19. The molecule has 0 saturated heterocycles. The van der Waals surface area contributed by atoms with Crippen LogP contribution in [0.25, 0.3) is 22.3 Å². The second-order valence-electron chi connectivity index (χ2n) is 3.45. The van der Waals surface area contributed by atoms with E-state index in [1.165, 1.54) is 0 Å². The first-order chi connectivity index (χ1) is 8.38. The van der Waals surface area contributed by atoms with E-state index in [4.69, 9.17) is 10.4 Å². The molecule has 0 fully saturated rings. The van der Waals surface area contributed by atoms with Crippen LogP contribution < -0.4 is 11.3 Å². The number of nitrogens with zero attached hydrogens (tertiary/aromatic N) is 3. The lowest BCUT2D eigenvalue weighted by Crippen LogP contribution is -2.06. The molecular weight excluding hydrogens is 218 g/mol. The maximum atomic E-state index is 5.19. The zero-order chi connectivity index (χ0) is 11.7. The van der Waals surface area contributed by atoms with Crippen molar-refractivity contribution in [2.45, 2.75) is 0 Å². The molecule has 0 spiro atoms. The molecule has 0 atom stereocenters. The van der Waals surface area contributed by atoms with Gasteiger partial charge in [-0.2, -0.15) is 4.98 Å². The van der Waals surface area contributed by atoms with Crippen LogP contribution in [0, 0.1) is 0 Å². The van der Waals surface area contributed by atoms with Crippen molar-refractivity contribution in [1.82, 2.24) is 15.1 Å². The maximum Gasteiger partial charge on any atom is 0.335 e. The van der Waals surface area contributed by atoms with Crippen LogP contribution in [0.4, 0.5) is 6.01 Å². The van der Waals surface area contributed by atoms with Crippen LogP contribution in [-0.4, -0.2) is 15.1 Å². The zero-order valence-electron chi connectivity index (χ0n) is 8.79. The summed E-state index contributed by atoms with van der Waals surface area (Å²) in [6.45, 7) is 0. The predicted molar refractivity (Wildman–Crippen MR) is 62.8 cm³/mol. The Labute approximate surface area is 96.4 Å². The highest BCUT2D eigenvalue weighted by molar-refractivity contribution is 5.92. The molecule has 84 valence electrons. The Morgan fingerprint density at radius 2 is 2.06 bits per heavy atom. The van der Waals surface area contributed by atoms with Gasteiger partial charge in [0.25, 0.3) is 0 Å². The number of nitrogens with two attached hydrogens (primary N) is 1. The Morgan fingerprint density at radius 3 is 2.88 bits per heavy atom. The van der Waals surface area contributed by atoms with Gasteiger partial charge < -0.3 is 4.52 Å². The van der Waals surface area contributed by atoms with E-state index in [1.807, 2.05) is 30.3 Å². The lowest BCUT2D eigenvalue weighted by atomic mass is 10.1. The van der Waals surface area contributed by atoms with Crippen LogP contribution >= 0.6 is 0 Å². The highest BCUT2D eigenvalue weighted by Crippen LogP contribution is 2.24. The molecule has 6 nitrogen and oxygen atoms in total. The van der Waals surface area contributed by atoms with Crippen molar-refractivity contribution in [3.05, 3.63) is 36.5 Å². The van der Waals surface area contributed by atoms with Crippen molar-refractivity contribution < 1.29 is 4.52 Å². The lowest BCUT2D eigenvalue weighted by Gasteiger charge is -2.00. The molecule has 0 saturated carbocycles. The van der Waals surface area contributed by atoms with Crippen LogP contribution in [-0.2, 0) is 0 Å². The molecule has 0 aliphatic heterocycles. The molecule has 6 heteroatoms. The molecule has 2 heterocycles.